The fraction of sp³-hybridized carbons (Fsp3) is 0. The van der Waals surface area contributed by atoms with E-state index in [1.54, 1.807) is 0 Å². The number of aromatic nitrogens is 4. The van der Waals surface area contributed by atoms with Gasteiger partial charge in [-0.2, -0.15) is 0 Å². The molecule has 0 fully saturated rings. The summed E-state index contributed by atoms with van der Waals surface area (Å²) in [4.78, 5) is 10.7. The van der Waals surface area contributed by atoms with Crippen molar-refractivity contribution in [2.24, 2.45) is 0 Å². The molecule has 0 bridgehead atoms. The number of benzene rings is 8. The van der Waals surface area contributed by atoms with E-state index < -0.39 is 0 Å². The first-order valence-electron chi connectivity index (χ1n) is 18.7. The Labute approximate surface area is 317 Å². The van der Waals surface area contributed by atoms with E-state index in [1.165, 1.54) is 74.3 Å². The normalized spacial score (nSPS) is 12.4. The fourth-order valence-corrected chi connectivity index (χ4v) is 10.5. The summed E-state index contributed by atoms with van der Waals surface area (Å²) in [7, 11) is 0. The molecule has 13 aromatic rings. The lowest BCUT2D eigenvalue weighted by Crippen LogP contribution is -2.03. The molecule has 0 unspecified atom stereocenters. The Balaban J connectivity index is 1.28. The molecule has 0 aliphatic rings. The highest BCUT2D eigenvalue weighted by Crippen LogP contribution is 2.47. The first-order chi connectivity index (χ1) is 27.3. The minimum absolute atomic E-state index is 0.661. The van der Waals surface area contributed by atoms with Crippen LogP contribution in [0.4, 0.5) is 0 Å². The summed E-state index contributed by atoms with van der Waals surface area (Å²) in [6.07, 6.45) is 0. The van der Waals surface area contributed by atoms with E-state index in [1.807, 2.05) is 11.3 Å². The summed E-state index contributed by atoms with van der Waals surface area (Å²) in [5.74, 6) is 0.661. The average Bonchev–Trinajstić information content (AvgIpc) is 3.90. The van der Waals surface area contributed by atoms with Crippen LogP contribution < -0.4 is 0 Å². The third-order valence-electron chi connectivity index (χ3n) is 11.7. The highest BCUT2D eigenvalue weighted by atomic mass is 32.1. The molecule has 0 radical (unpaired) electrons. The number of para-hydroxylation sites is 3. The van der Waals surface area contributed by atoms with Crippen molar-refractivity contribution in [1.29, 1.82) is 0 Å². The van der Waals surface area contributed by atoms with Gasteiger partial charge in [-0.15, -0.1) is 11.3 Å². The molecule has 0 amide bonds. The van der Waals surface area contributed by atoms with Gasteiger partial charge in [0.05, 0.1) is 38.8 Å². The second-order valence-corrected chi connectivity index (χ2v) is 15.6. The molecule has 0 aliphatic carbocycles. The largest absolute Gasteiger partial charge is 0.308 e. The zero-order valence-electron chi connectivity index (χ0n) is 29.4. The lowest BCUT2D eigenvalue weighted by Gasteiger charge is -2.12. The van der Waals surface area contributed by atoms with Gasteiger partial charge in [-0.1, -0.05) is 127 Å². The van der Waals surface area contributed by atoms with E-state index in [-0.39, 0.29) is 0 Å². The predicted molar refractivity (Wildman–Crippen MR) is 233 cm³/mol. The number of nitrogens with zero attached hydrogens (tertiary/aromatic N) is 4. The highest BCUT2D eigenvalue weighted by Gasteiger charge is 2.23. The van der Waals surface area contributed by atoms with Crippen LogP contribution in [-0.2, 0) is 0 Å². The molecular weight excluding hydrogens is 689 g/mol. The number of thiophene rings is 1. The Kier molecular flexibility index (Phi) is 5.74. The molecule has 4 nitrogen and oxygen atoms in total. The monoisotopic (exact) mass is 716 g/mol. The number of fused-ring (bicyclic) bond motifs is 12. The Morgan fingerprint density at radius 2 is 1.02 bits per heavy atom. The molecule has 5 heterocycles. The summed E-state index contributed by atoms with van der Waals surface area (Å²) < 4.78 is 7.43. The quantitative estimate of drug-likeness (QED) is 0.179. The van der Waals surface area contributed by atoms with Crippen LogP contribution in [0.3, 0.4) is 0 Å². The second kappa shape index (κ2) is 10.8. The second-order valence-electron chi connectivity index (χ2n) is 14.5. The van der Waals surface area contributed by atoms with Gasteiger partial charge in [0.1, 0.15) is 0 Å². The molecule has 254 valence electrons. The van der Waals surface area contributed by atoms with Crippen LogP contribution >= 0.6 is 11.3 Å². The lowest BCUT2D eigenvalue weighted by molar-refractivity contribution is 1.01. The van der Waals surface area contributed by atoms with E-state index in [2.05, 4.69) is 179 Å². The molecule has 8 aromatic carbocycles. The van der Waals surface area contributed by atoms with E-state index in [0.717, 1.165) is 38.7 Å². The van der Waals surface area contributed by atoms with Gasteiger partial charge in [0.2, 0.25) is 5.95 Å². The number of hydrogen-bond acceptors (Lipinski definition) is 3. The zero-order chi connectivity index (χ0) is 35.8. The van der Waals surface area contributed by atoms with E-state index in [0.29, 0.717) is 5.95 Å². The van der Waals surface area contributed by atoms with E-state index in [9.17, 15) is 0 Å². The molecule has 0 saturated carbocycles. The maximum absolute atomic E-state index is 5.39. The van der Waals surface area contributed by atoms with Crippen molar-refractivity contribution in [2.45, 2.75) is 0 Å². The third-order valence-corrected chi connectivity index (χ3v) is 12.8. The van der Waals surface area contributed by atoms with Crippen LogP contribution in [-0.4, -0.2) is 18.9 Å². The maximum atomic E-state index is 5.39. The van der Waals surface area contributed by atoms with Gasteiger partial charge in [0, 0.05) is 58.1 Å². The Morgan fingerprint density at radius 3 is 1.85 bits per heavy atom. The predicted octanol–water partition coefficient (Wildman–Crippen LogP) is 13.6. The number of rotatable bonds is 2. The van der Waals surface area contributed by atoms with Crippen molar-refractivity contribution < 1.29 is 0 Å². The minimum atomic E-state index is 0.661. The molecule has 13 rings (SSSR count). The van der Waals surface area contributed by atoms with Crippen LogP contribution in [0.1, 0.15) is 0 Å². The van der Waals surface area contributed by atoms with E-state index >= 15 is 0 Å². The van der Waals surface area contributed by atoms with Crippen LogP contribution in [0.5, 0.6) is 0 Å². The van der Waals surface area contributed by atoms with Crippen LogP contribution in [0.25, 0.3) is 119 Å². The molecule has 0 aliphatic heterocycles. The van der Waals surface area contributed by atoms with Gasteiger partial charge >= 0.3 is 0 Å². The first-order valence-corrected chi connectivity index (χ1v) is 19.5. The lowest BCUT2D eigenvalue weighted by atomic mass is 10.0. The Hall–Kier alpha value is -7.08. The van der Waals surface area contributed by atoms with Crippen molar-refractivity contribution in [1.82, 2.24) is 18.9 Å². The standard InChI is InChI=1S/C50H28N4S/c1-2-13-29(14-3-1)48-36-19-6-9-21-39(36)51-50(52-48)54-41-23-11-8-18-33(41)37-27-38-35-25-26-45-47-46-34(20-12-24-44(46)55-45)31-16-5-4-15-30(31)32-17-7-10-22-40(32)53(49(35)47)42(38)28-43(37)54/h1-28H. The van der Waals surface area contributed by atoms with Gasteiger partial charge in [0.25, 0.3) is 0 Å². The zero-order valence-corrected chi connectivity index (χ0v) is 30.2. The summed E-state index contributed by atoms with van der Waals surface area (Å²) in [6.45, 7) is 0. The van der Waals surface area contributed by atoms with Gasteiger partial charge < -0.3 is 4.40 Å². The molecule has 5 aromatic heterocycles. The molecule has 0 saturated heterocycles. The molecular formula is C50H28N4S. The summed E-state index contributed by atoms with van der Waals surface area (Å²) in [5.41, 5.74) is 8.65. The fourth-order valence-electron chi connectivity index (χ4n) is 9.39. The summed E-state index contributed by atoms with van der Waals surface area (Å²) in [6, 6.07) is 61.7. The summed E-state index contributed by atoms with van der Waals surface area (Å²) in [5, 5.41) is 13.5. The Morgan fingerprint density at radius 1 is 0.382 bits per heavy atom. The first kappa shape index (κ1) is 29.4. The molecule has 0 atom stereocenters. The molecule has 55 heavy (non-hydrogen) atoms. The van der Waals surface area contributed by atoms with Gasteiger partial charge in [-0.3, -0.25) is 4.57 Å². The van der Waals surface area contributed by atoms with Gasteiger partial charge in [-0.05, 0) is 58.6 Å². The highest BCUT2D eigenvalue weighted by molar-refractivity contribution is 7.26. The maximum Gasteiger partial charge on any atom is 0.235 e. The molecule has 0 spiro atoms. The van der Waals surface area contributed by atoms with Crippen LogP contribution in [0.15, 0.2) is 170 Å². The van der Waals surface area contributed by atoms with Crippen molar-refractivity contribution in [3.63, 3.8) is 0 Å². The topological polar surface area (TPSA) is 35.1 Å². The van der Waals surface area contributed by atoms with Gasteiger partial charge in [0.15, 0.2) is 0 Å². The van der Waals surface area contributed by atoms with Crippen LogP contribution in [0, 0.1) is 0 Å². The van der Waals surface area contributed by atoms with Crippen molar-refractivity contribution >= 4 is 113 Å². The average molecular weight is 717 g/mol. The van der Waals surface area contributed by atoms with E-state index in [4.69, 9.17) is 9.97 Å². The van der Waals surface area contributed by atoms with Crippen LogP contribution in [0.2, 0.25) is 0 Å². The Bertz CT molecular complexity index is 3780. The molecule has 5 heteroatoms. The van der Waals surface area contributed by atoms with Gasteiger partial charge in [-0.25, -0.2) is 9.97 Å². The third kappa shape index (κ3) is 3.89. The number of hydrogen-bond donors (Lipinski definition) is 0. The van der Waals surface area contributed by atoms with Crippen molar-refractivity contribution in [2.75, 3.05) is 0 Å². The van der Waals surface area contributed by atoms with Crippen molar-refractivity contribution in [3.8, 4) is 17.2 Å². The summed E-state index contributed by atoms with van der Waals surface area (Å²) >= 11 is 1.89. The SMILES string of the molecule is c1ccc(-c2nc(-n3c4ccccc4c4cc5c6ccc7sc8cccc9c%10ccccc%10c%10ccccc%10n(c5cc43)c6c7c89)nc3ccccc23)cc1. The smallest absolute Gasteiger partial charge is 0.235 e. The minimum Gasteiger partial charge on any atom is -0.308 e. The van der Waals surface area contributed by atoms with Crippen molar-refractivity contribution in [3.05, 3.63) is 170 Å². The molecule has 0 N–H and O–H groups in total.